The Labute approximate surface area is 251 Å². The number of alkyl halides is 5. The number of rotatable bonds is 12. The van der Waals surface area contributed by atoms with Crippen LogP contribution in [0.15, 0.2) is 22.4 Å². The predicted molar refractivity (Wildman–Crippen MR) is 153 cm³/mol. The lowest BCUT2D eigenvalue weighted by Crippen LogP contribution is -2.47. The van der Waals surface area contributed by atoms with Crippen LogP contribution in [0.3, 0.4) is 0 Å². The molecule has 0 saturated carbocycles. The third-order valence-corrected chi connectivity index (χ3v) is 8.47. The summed E-state index contributed by atoms with van der Waals surface area (Å²) in [6, 6.07) is 2.66. The molecule has 43 heavy (non-hydrogen) atoms. The molecule has 1 unspecified atom stereocenters. The molecular weight excluding hydrogens is 619 g/mol. The molecule has 1 aromatic heterocycles. The number of ether oxygens (including phenoxy) is 1. The van der Waals surface area contributed by atoms with Gasteiger partial charge in [0.15, 0.2) is 0 Å². The zero-order valence-corrected chi connectivity index (χ0v) is 26.2. The number of benzene rings is 1. The molecule has 1 aliphatic rings. The Morgan fingerprint density at radius 3 is 2.33 bits per heavy atom. The van der Waals surface area contributed by atoms with Crippen LogP contribution in [0, 0.1) is 17.8 Å². The van der Waals surface area contributed by atoms with E-state index in [4.69, 9.17) is 4.74 Å². The molecule has 3 rings (SSSR count). The fraction of sp³-hybridized carbons (Fsp3) is 0.654. The molecule has 240 valence electrons. The van der Waals surface area contributed by atoms with Crippen molar-refractivity contribution in [2.45, 2.75) is 78.3 Å². The van der Waals surface area contributed by atoms with E-state index in [1.807, 2.05) is 46.4 Å². The Hall–Kier alpha value is -2.95. The van der Waals surface area contributed by atoms with Gasteiger partial charge in [-0.25, -0.2) is 4.79 Å². The Balaban J connectivity index is 2.08. The first-order chi connectivity index (χ1) is 19.8. The zero-order valence-electron chi connectivity index (χ0n) is 24.6. The van der Waals surface area contributed by atoms with Crippen LogP contribution in [-0.2, 0) is 21.2 Å². The summed E-state index contributed by atoms with van der Waals surface area (Å²) in [4.78, 5) is 14.2. The summed E-state index contributed by atoms with van der Waals surface area (Å²) in [6.07, 6.45) is -4.31. The molecule has 0 aliphatic carbocycles. The number of fused-ring (bicyclic) bond motifs is 1. The fourth-order valence-corrected chi connectivity index (χ4v) is 5.90. The van der Waals surface area contributed by atoms with Crippen molar-refractivity contribution in [3.63, 3.8) is 0 Å². The third kappa shape index (κ3) is 8.37. The van der Waals surface area contributed by atoms with Gasteiger partial charge in [-0.05, 0) is 54.7 Å². The SMILES string of the molecule is CC(C)COC(=O)c1nnc(N=Nc2cc3c(cc2NS(=O)(=O)C(F)(F)C(F)(F)F)N(CC(C)C)C(CC(C)C)CC3)s1. The van der Waals surface area contributed by atoms with Crippen molar-refractivity contribution in [2.75, 3.05) is 22.8 Å². The van der Waals surface area contributed by atoms with Gasteiger partial charge in [0.25, 0.3) is 5.13 Å². The number of aryl methyl sites for hydroxylation is 1. The normalized spacial score (nSPS) is 16.4. The molecule has 1 aromatic carbocycles. The highest BCUT2D eigenvalue weighted by molar-refractivity contribution is 7.93. The number of nitrogens with one attached hydrogen (secondary N) is 1. The van der Waals surface area contributed by atoms with Crippen molar-refractivity contribution in [1.29, 1.82) is 0 Å². The van der Waals surface area contributed by atoms with Crippen molar-refractivity contribution in [2.24, 2.45) is 28.0 Å². The largest absolute Gasteiger partial charge is 0.471 e. The van der Waals surface area contributed by atoms with Crippen LogP contribution >= 0.6 is 11.3 Å². The van der Waals surface area contributed by atoms with Gasteiger partial charge in [0, 0.05) is 18.3 Å². The molecule has 0 saturated heterocycles. The summed E-state index contributed by atoms with van der Waals surface area (Å²) in [5.74, 6) is -0.194. The highest BCUT2D eigenvalue weighted by atomic mass is 32.2. The van der Waals surface area contributed by atoms with Crippen LogP contribution in [0.4, 0.5) is 44.1 Å². The molecule has 1 aliphatic heterocycles. The van der Waals surface area contributed by atoms with E-state index in [0.29, 0.717) is 41.5 Å². The summed E-state index contributed by atoms with van der Waals surface area (Å²) in [5, 5.41) is 8.80. The van der Waals surface area contributed by atoms with E-state index < -0.39 is 33.1 Å². The van der Waals surface area contributed by atoms with E-state index in [1.54, 1.807) is 0 Å². The quantitative estimate of drug-likeness (QED) is 0.143. The number of anilines is 2. The first kappa shape index (κ1) is 34.5. The number of azo groups is 1. The average Bonchev–Trinajstić information content (AvgIpc) is 3.35. The molecule has 0 amide bonds. The average molecular weight is 655 g/mol. The lowest BCUT2D eigenvalue weighted by molar-refractivity contribution is -0.241. The first-order valence-electron chi connectivity index (χ1n) is 13.6. The van der Waals surface area contributed by atoms with Crippen molar-refractivity contribution in [3.05, 3.63) is 22.7 Å². The number of hydrogen-bond acceptors (Lipinski definition) is 10. The van der Waals surface area contributed by atoms with Crippen molar-refractivity contribution >= 4 is 49.5 Å². The fourth-order valence-electron chi connectivity index (χ4n) is 4.46. The molecule has 0 radical (unpaired) electrons. The molecule has 0 fully saturated rings. The van der Waals surface area contributed by atoms with Gasteiger partial charge in [0.05, 0.1) is 12.3 Å². The number of hydrogen-bond donors (Lipinski definition) is 1. The van der Waals surface area contributed by atoms with E-state index in [2.05, 4.69) is 20.4 Å². The second kappa shape index (κ2) is 13.4. The van der Waals surface area contributed by atoms with E-state index in [1.165, 1.54) is 16.9 Å². The minimum Gasteiger partial charge on any atom is -0.460 e. The van der Waals surface area contributed by atoms with Gasteiger partial charge in [0.1, 0.15) is 5.69 Å². The lowest BCUT2D eigenvalue weighted by atomic mass is 9.89. The highest BCUT2D eigenvalue weighted by Crippen LogP contribution is 2.44. The second-order valence-electron chi connectivity index (χ2n) is 11.6. The maximum atomic E-state index is 14.1. The Bertz CT molecular complexity index is 1430. The summed E-state index contributed by atoms with van der Waals surface area (Å²) in [7, 11) is -6.31. The van der Waals surface area contributed by atoms with E-state index in [9.17, 15) is 35.2 Å². The van der Waals surface area contributed by atoms with Crippen LogP contribution in [0.2, 0.25) is 0 Å². The summed E-state index contributed by atoms with van der Waals surface area (Å²) in [6.45, 7) is 12.4. The smallest absolute Gasteiger partial charge is 0.460 e. The van der Waals surface area contributed by atoms with Gasteiger partial charge >= 0.3 is 27.4 Å². The minimum absolute atomic E-state index is 0.0405. The molecule has 0 spiro atoms. The Kier molecular flexibility index (Phi) is 10.7. The Morgan fingerprint density at radius 2 is 1.74 bits per heavy atom. The monoisotopic (exact) mass is 654 g/mol. The van der Waals surface area contributed by atoms with Crippen LogP contribution < -0.4 is 9.62 Å². The highest BCUT2D eigenvalue weighted by Gasteiger charge is 2.67. The van der Waals surface area contributed by atoms with Crippen LogP contribution in [0.5, 0.6) is 0 Å². The number of halogens is 5. The molecule has 1 N–H and O–H groups in total. The molecule has 10 nitrogen and oxygen atoms in total. The topological polar surface area (TPSA) is 126 Å². The van der Waals surface area contributed by atoms with E-state index >= 15 is 0 Å². The summed E-state index contributed by atoms with van der Waals surface area (Å²) in [5.41, 5.74) is 0.261. The van der Waals surface area contributed by atoms with Crippen molar-refractivity contribution in [1.82, 2.24) is 10.2 Å². The van der Waals surface area contributed by atoms with Crippen LogP contribution in [0.1, 0.15) is 69.7 Å². The molecule has 17 heteroatoms. The molecule has 2 aromatic rings. The van der Waals surface area contributed by atoms with Gasteiger partial charge in [0.2, 0.25) is 5.01 Å². The Morgan fingerprint density at radius 1 is 1.07 bits per heavy atom. The lowest BCUT2D eigenvalue weighted by Gasteiger charge is -2.41. The number of carbonyl (C=O) groups excluding carboxylic acids is 1. The zero-order chi connectivity index (χ0) is 32.3. The van der Waals surface area contributed by atoms with Gasteiger partial charge < -0.3 is 9.64 Å². The third-order valence-electron chi connectivity index (χ3n) is 6.29. The number of aromatic nitrogens is 2. The van der Waals surface area contributed by atoms with Crippen LogP contribution in [-0.4, -0.2) is 55.2 Å². The van der Waals surface area contributed by atoms with Crippen LogP contribution in [0.25, 0.3) is 0 Å². The molecule has 2 heterocycles. The number of carbonyl (C=O) groups is 1. The predicted octanol–water partition coefficient (Wildman–Crippen LogP) is 7.49. The molecule has 0 bridgehead atoms. The summed E-state index contributed by atoms with van der Waals surface area (Å²) >= 11 is 0.708. The van der Waals surface area contributed by atoms with Gasteiger partial charge in [-0.3, -0.25) is 4.72 Å². The second-order valence-corrected chi connectivity index (χ2v) is 14.2. The number of nitrogens with zero attached hydrogens (tertiary/aromatic N) is 5. The van der Waals surface area contributed by atoms with Gasteiger partial charge in [-0.15, -0.1) is 20.4 Å². The molecular formula is C26H35F5N6O4S2. The maximum absolute atomic E-state index is 14.1. The first-order valence-corrected chi connectivity index (χ1v) is 15.9. The van der Waals surface area contributed by atoms with Gasteiger partial charge in [-0.2, -0.15) is 30.4 Å². The van der Waals surface area contributed by atoms with Crippen molar-refractivity contribution in [3.8, 4) is 0 Å². The van der Waals surface area contributed by atoms with E-state index in [-0.39, 0.29) is 40.3 Å². The maximum Gasteiger partial charge on any atom is 0.471 e. The summed E-state index contributed by atoms with van der Waals surface area (Å²) < 4.78 is 98.5. The van der Waals surface area contributed by atoms with Crippen molar-refractivity contribution < 1.29 is 39.9 Å². The van der Waals surface area contributed by atoms with Gasteiger partial charge in [-0.1, -0.05) is 52.9 Å². The van der Waals surface area contributed by atoms with E-state index in [0.717, 1.165) is 12.8 Å². The number of sulfonamides is 1. The molecule has 1 atom stereocenters. The minimum atomic E-state index is -6.37. The standard InChI is InChI=1S/C26H35F5N6O4S2/c1-14(2)9-18-8-7-17-10-19(32-34-24-35-33-22(42-24)23(38)41-13-16(5)6)20(11-21(17)37(18)12-15(3)4)36-43(39,40)26(30,31)25(27,28)29/h10-11,14-16,18,36H,7-9,12-13H2,1-6H3. The number of esters is 1.